The summed E-state index contributed by atoms with van der Waals surface area (Å²) >= 11 is 0. The van der Waals surface area contributed by atoms with Gasteiger partial charge in [0.1, 0.15) is 0 Å². The second-order valence-corrected chi connectivity index (χ2v) is 7.81. The van der Waals surface area contributed by atoms with Crippen LogP contribution in [0, 0.1) is 11.3 Å². The van der Waals surface area contributed by atoms with Crippen LogP contribution >= 0.6 is 0 Å². The minimum atomic E-state index is -1.27. The molecule has 51 heavy (non-hydrogen) atoms. The fourth-order valence-electron chi connectivity index (χ4n) is 1.16. The first-order chi connectivity index (χ1) is 23.5. The highest BCUT2D eigenvalue weighted by Crippen LogP contribution is 1.97. The minimum absolute atomic E-state index is 0.176. The fraction of sp³-hybridized carbons (Fsp3) is 0.111. The van der Waals surface area contributed by atoms with Crippen LogP contribution in [-0.2, 0) is 38.3 Å². The average molecular weight is 716 g/mol. The van der Waals surface area contributed by atoms with Crippen molar-refractivity contribution in [2.75, 3.05) is 7.11 Å². The predicted octanol–water partition coefficient (Wildman–Crippen LogP) is 5.84. The van der Waals surface area contributed by atoms with Crippen molar-refractivity contribution in [3.8, 4) is 6.07 Å². The summed E-state index contributed by atoms with van der Waals surface area (Å²) in [5, 5.41) is 54.7. The Morgan fingerprint density at radius 2 is 1.06 bits per heavy atom. The molecule has 6 N–H and O–H groups in total. The molecule has 0 bridgehead atoms. The zero-order valence-electron chi connectivity index (χ0n) is 28.7. The first-order valence-corrected chi connectivity index (χ1v) is 13.2. The normalized spacial score (nSPS) is 7.57. The largest absolute Gasteiger partial charge is 0.481 e. The molecule has 0 aliphatic heterocycles. The Hall–Kier alpha value is -7.34. The quantitative estimate of drug-likeness (QED) is 0.0718. The van der Waals surface area contributed by atoms with Crippen LogP contribution in [0.25, 0.3) is 6.08 Å². The van der Waals surface area contributed by atoms with Gasteiger partial charge in [0.05, 0.1) is 19.6 Å². The fourth-order valence-corrected chi connectivity index (χ4v) is 1.16. The first kappa shape index (κ1) is 59.1. The SMILES string of the molecule is C=C(C)C(=O)O.C=C(C)C(=O)OC.C=C(CC(=O)O)C(=O)O.C=CC#N.C=CC(=O)O.C=CC=C.C=Cc1ccccc1.O=C(O)/C=C\C(=O)O. The number of rotatable bonds is 10. The number of carbonyl (C=O) groups is 7. The van der Waals surface area contributed by atoms with Gasteiger partial charge in [-0.2, -0.15) is 5.26 Å². The molecule has 0 saturated heterocycles. The van der Waals surface area contributed by atoms with Crippen molar-refractivity contribution in [1.29, 1.82) is 5.26 Å². The van der Waals surface area contributed by atoms with Gasteiger partial charge >= 0.3 is 41.8 Å². The van der Waals surface area contributed by atoms with Crippen LogP contribution in [0.15, 0.2) is 136 Å². The second kappa shape index (κ2) is 44.8. The van der Waals surface area contributed by atoms with E-state index in [1.165, 1.54) is 25.7 Å². The average Bonchev–Trinajstić information content (AvgIpc) is 3.08. The molecule has 1 aromatic rings. The third-order valence-electron chi connectivity index (χ3n) is 3.40. The molecule has 0 saturated carbocycles. The number of esters is 1. The second-order valence-electron chi connectivity index (χ2n) is 7.81. The predicted molar refractivity (Wildman–Crippen MR) is 193 cm³/mol. The Balaban J connectivity index is -0.0000000881. The van der Waals surface area contributed by atoms with Gasteiger partial charge in [-0.05, 0) is 19.4 Å². The van der Waals surface area contributed by atoms with Crippen LogP contribution in [0.3, 0.4) is 0 Å². The topological polar surface area (TPSA) is 274 Å². The van der Waals surface area contributed by atoms with E-state index in [0.717, 1.165) is 6.08 Å². The molecule has 0 aliphatic rings. The standard InChI is InChI=1S/C8H8.C5H6O4.C5H8O2.C4H4O4.C4H6O2.C4H6.C3H3N.C3H4O2/c1-2-8-6-4-3-5-7-8;1-3(5(8)9)2-4(6)7;1-4(2)5(6)7-3;5-3(6)1-2-4(7)8;1-3(2)4(5)6;1-3-4-2;1-2-3-4;1-2-3(4)5/h2-7H,1H2;1-2H2,(H,6,7)(H,8,9);1H2,2-3H3;1-2H,(H,5,6)(H,7,8);1H2,2H3,(H,5,6);3-4H,1-2H2;2H,1H2;2H,1H2,(H,4,5)/b;;;2-1-;;;;. The summed E-state index contributed by atoms with van der Waals surface area (Å²) in [6, 6.07) is 11.7. The Labute approximate surface area is 297 Å². The van der Waals surface area contributed by atoms with Crippen molar-refractivity contribution in [3.63, 3.8) is 0 Å². The molecule has 1 rings (SSSR count). The van der Waals surface area contributed by atoms with Crippen molar-refractivity contribution in [2.24, 2.45) is 0 Å². The van der Waals surface area contributed by atoms with E-state index in [1.807, 2.05) is 36.4 Å². The van der Waals surface area contributed by atoms with E-state index in [2.05, 4.69) is 57.4 Å². The summed E-state index contributed by atoms with van der Waals surface area (Å²) in [7, 11) is 1.33. The lowest BCUT2D eigenvalue weighted by Crippen LogP contribution is -2.04. The summed E-state index contributed by atoms with van der Waals surface area (Å²) in [4.78, 5) is 67.8. The van der Waals surface area contributed by atoms with Crippen LogP contribution in [0.4, 0.5) is 0 Å². The number of aliphatic carboxylic acids is 6. The highest BCUT2D eigenvalue weighted by molar-refractivity contribution is 5.91. The van der Waals surface area contributed by atoms with Crippen LogP contribution in [0.5, 0.6) is 0 Å². The van der Waals surface area contributed by atoms with Gasteiger partial charge in [0, 0.05) is 41.0 Å². The molecule has 0 heterocycles. The highest BCUT2D eigenvalue weighted by Gasteiger charge is 2.07. The Kier molecular flexibility index (Phi) is 51.9. The number of ether oxygens (including phenoxy) is 1. The summed E-state index contributed by atoms with van der Waals surface area (Å²) in [5.41, 5.74) is 1.48. The van der Waals surface area contributed by atoms with Crippen molar-refractivity contribution < 1.29 is 68.9 Å². The zero-order valence-corrected chi connectivity index (χ0v) is 28.7. The monoisotopic (exact) mass is 715 g/mol. The molecule has 0 unspecified atom stereocenters. The number of nitrogens with zero attached hydrogens (tertiary/aromatic N) is 1. The molecule has 15 nitrogen and oxygen atoms in total. The van der Waals surface area contributed by atoms with Crippen molar-refractivity contribution in [3.05, 3.63) is 142 Å². The minimum Gasteiger partial charge on any atom is -0.481 e. The molecule has 0 aliphatic carbocycles. The van der Waals surface area contributed by atoms with E-state index in [1.54, 1.807) is 25.1 Å². The Morgan fingerprint density at radius 1 is 0.706 bits per heavy atom. The van der Waals surface area contributed by atoms with E-state index < -0.39 is 42.2 Å². The van der Waals surface area contributed by atoms with Crippen molar-refractivity contribution in [2.45, 2.75) is 20.3 Å². The van der Waals surface area contributed by atoms with Gasteiger partial charge in [0.15, 0.2) is 0 Å². The number of allylic oxidation sites excluding steroid dienone is 3. The summed E-state index contributed by atoms with van der Waals surface area (Å²) < 4.78 is 4.27. The lowest BCUT2D eigenvalue weighted by molar-refractivity contribution is -0.139. The van der Waals surface area contributed by atoms with Crippen LogP contribution < -0.4 is 0 Å². The first-order valence-electron chi connectivity index (χ1n) is 13.2. The summed E-state index contributed by atoms with van der Waals surface area (Å²) in [6.07, 6.45) is 7.74. The Bertz CT molecular complexity index is 1360. The number of carboxylic acids is 6. The third kappa shape index (κ3) is 80.2. The number of carbonyl (C=O) groups excluding carboxylic acids is 1. The van der Waals surface area contributed by atoms with Gasteiger partial charge in [-0.25, -0.2) is 28.8 Å². The summed E-state index contributed by atoms with van der Waals surface area (Å²) in [6.45, 7) is 29.0. The number of hydrogen-bond acceptors (Lipinski definition) is 9. The van der Waals surface area contributed by atoms with Crippen LogP contribution in [0.1, 0.15) is 25.8 Å². The van der Waals surface area contributed by atoms with E-state index in [4.69, 9.17) is 35.9 Å². The van der Waals surface area contributed by atoms with Gasteiger partial charge in [-0.3, -0.25) is 4.79 Å². The van der Waals surface area contributed by atoms with Crippen molar-refractivity contribution in [1.82, 2.24) is 0 Å². The number of hydrogen-bond donors (Lipinski definition) is 6. The highest BCUT2D eigenvalue weighted by atomic mass is 16.5. The molecule has 0 spiro atoms. The lowest BCUT2D eigenvalue weighted by Gasteiger charge is -1.91. The van der Waals surface area contributed by atoms with Crippen LogP contribution in [-0.4, -0.2) is 79.5 Å². The maximum atomic E-state index is 10.2. The van der Waals surface area contributed by atoms with E-state index >= 15 is 0 Å². The summed E-state index contributed by atoms with van der Waals surface area (Å²) in [5.74, 6) is -7.22. The third-order valence-corrected chi connectivity index (χ3v) is 3.40. The molecule has 0 radical (unpaired) electrons. The lowest BCUT2D eigenvalue weighted by atomic mass is 10.2. The number of methoxy groups -OCH3 is 1. The Morgan fingerprint density at radius 3 is 1.16 bits per heavy atom. The van der Waals surface area contributed by atoms with E-state index in [9.17, 15) is 33.6 Å². The molecule has 1 aromatic carbocycles. The number of nitriles is 1. The smallest absolute Gasteiger partial charge is 0.332 e. The molecular weight excluding hydrogens is 670 g/mol. The number of benzene rings is 1. The van der Waals surface area contributed by atoms with Gasteiger partial charge in [-0.15, -0.1) is 0 Å². The molecular formula is C36H45NO14. The van der Waals surface area contributed by atoms with Gasteiger partial charge in [0.25, 0.3) is 0 Å². The van der Waals surface area contributed by atoms with Gasteiger partial charge in [-0.1, -0.05) is 101 Å². The molecule has 278 valence electrons. The molecule has 0 amide bonds. The van der Waals surface area contributed by atoms with Crippen LogP contribution in [0.2, 0.25) is 0 Å². The molecule has 0 fully saturated rings. The zero-order chi connectivity index (χ0) is 42.0. The van der Waals surface area contributed by atoms with Gasteiger partial charge in [0.2, 0.25) is 0 Å². The van der Waals surface area contributed by atoms with E-state index in [0.29, 0.717) is 17.7 Å². The van der Waals surface area contributed by atoms with Gasteiger partial charge < -0.3 is 35.4 Å². The number of carboxylic acid groups (broad SMARTS) is 6. The van der Waals surface area contributed by atoms with E-state index in [-0.39, 0.29) is 17.1 Å². The molecule has 0 atom stereocenters. The maximum absolute atomic E-state index is 10.2. The maximum Gasteiger partial charge on any atom is 0.332 e. The molecule has 15 heteroatoms. The molecule has 0 aromatic heterocycles. The van der Waals surface area contributed by atoms with Crippen molar-refractivity contribution >= 4 is 47.9 Å².